The molecule has 110 valence electrons. The fourth-order valence-corrected chi connectivity index (χ4v) is 3.69. The second-order valence-corrected chi connectivity index (χ2v) is 6.49. The molecule has 3 nitrogen and oxygen atoms in total. The minimum atomic E-state index is 0.0639. The first-order valence-electron chi connectivity index (χ1n) is 8.30. The lowest BCUT2D eigenvalue weighted by atomic mass is 9.94. The summed E-state index contributed by atoms with van der Waals surface area (Å²) in [7, 11) is 0. The van der Waals surface area contributed by atoms with Gasteiger partial charge in [-0.2, -0.15) is 0 Å². The van der Waals surface area contributed by atoms with Gasteiger partial charge in [0, 0.05) is 12.6 Å². The molecule has 2 saturated carbocycles. The van der Waals surface area contributed by atoms with Gasteiger partial charge in [0.25, 0.3) is 0 Å². The van der Waals surface area contributed by atoms with Crippen LogP contribution in [-0.2, 0) is 4.79 Å². The predicted molar refractivity (Wildman–Crippen MR) is 78.8 cm³/mol. The maximum atomic E-state index is 12.2. The van der Waals surface area contributed by atoms with E-state index in [4.69, 9.17) is 5.73 Å². The van der Waals surface area contributed by atoms with Crippen molar-refractivity contribution in [3.05, 3.63) is 0 Å². The Morgan fingerprint density at radius 2 is 1.68 bits per heavy atom. The number of hydrogen-bond donors (Lipinski definition) is 2. The van der Waals surface area contributed by atoms with Crippen molar-refractivity contribution in [1.29, 1.82) is 0 Å². The lowest BCUT2D eigenvalue weighted by Crippen LogP contribution is -2.41. The number of carbonyl (C=O) groups is 1. The molecule has 0 spiro atoms. The van der Waals surface area contributed by atoms with E-state index in [2.05, 4.69) is 5.32 Å². The topological polar surface area (TPSA) is 55.1 Å². The van der Waals surface area contributed by atoms with Gasteiger partial charge in [0.2, 0.25) is 5.91 Å². The minimum Gasteiger partial charge on any atom is -0.356 e. The quantitative estimate of drug-likeness (QED) is 0.594. The number of amides is 1. The molecule has 0 aromatic carbocycles. The molecule has 0 aromatic heterocycles. The van der Waals surface area contributed by atoms with Crippen LogP contribution < -0.4 is 11.1 Å². The van der Waals surface area contributed by atoms with E-state index in [1.54, 1.807) is 0 Å². The number of nitrogens with one attached hydrogen (secondary N) is 1. The Hall–Kier alpha value is -0.570. The maximum absolute atomic E-state index is 12.2. The highest BCUT2D eigenvalue weighted by atomic mass is 16.1. The Morgan fingerprint density at radius 1 is 1.00 bits per heavy atom. The Labute approximate surface area is 117 Å². The molecule has 2 atom stereocenters. The lowest BCUT2D eigenvalue weighted by molar-refractivity contribution is -0.125. The third-order valence-corrected chi connectivity index (χ3v) is 4.97. The van der Waals surface area contributed by atoms with Crippen molar-refractivity contribution in [2.45, 2.75) is 76.7 Å². The summed E-state index contributed by atoms with van der Waals surface area (Å²) in [6.45, 7) is 0.846. The van der Waals surface area contributed by atoms with Crippen molar-refractivity contribution in [2.75, 3.05) is 6.54 Å². The van der Waals surface area contributed by atoms with Gasteiger partial charge in [0.15, 0.2) is 0 Å². The van der Waals surface area contributed by atoms with Crippen molar-refractivity contribution in [1.82, 2.24) is 5.32 Å². The van der Waals surface area contributed by atoms with Gasteiger partial charge in [-0.3, -0.25) is 4.79 Å². The first kappa shape index (κ1) is 14.8. The standard InChI is InChI=1S/C16H30N2O/c17-15-11-3-1-2-10-14(15)16(19)18-12-6-9-13-7-4-5-8-13/h13-15H,1-12,17H2,(H,18,19). The van der Waals surface area contributed by atoms with Crippen LogP contribution in [0.3, 0.4) is 0 Å². The average Bonchev–Trinajstić information content (AvgIpc) is 2.82. The molecular formula is C16H30N2O. The van der Waals surface area contributed by atoms with Crippen molar-refractivity contribution >= 4 is 5.91 Å². The van der Waals surface area contributed by atoms with Gasteiger partial charge >= 0.3 is 0 Å². The molecule has 0 aliphatic heterocycles. The average molecular weight is 266 g/mol. The van der Waals surface area contributed by atoms with Gasteiger partial charge in [-0.15, -0.1) is 0 Å². The van der Waals surface area contributed by atoms with Gasteiger partial charge in [-0.1, -0.05) is 44.9 Å². The summed E-state index contributed by atoms with van der Waals surface area (Å²) < 4.78 is 0. The summed E-state index contributed by atoms with van der Waals surface area (Å²) in [4.78, 5) is 12.2. The monoisotopic (exact) mass is 266 g/mol. The Kier molecular flexibility index (Phi) is 6.15. The second-order valence-electron chi connectivity index (χ2n) is 6.49. The van der Waals surface area contributed by atoms with Crippen LogP contribution in [0.2, 0.25) is 0 Å². The minimum absolute atomic E-state index is 0.0639. The lowest BCUT2D eigenvalue weighted by Gasteiger charge is -2.20. The Balaban J connectivity index is 1.62. The van der Waals surface area contributed by atoms with E-state index < -0.39 is 0 Å². The zero-order valence-corrected chi connectivity index (χ0v) is 12.2. The fraction of sp³-hybridized carbons (Fsp3) is 0.938. The van der Waals surface area contributed by atoms with E-state index in [1.807, 2.05) is 0 Å². The molecule has 0 radical (unpaired) electrons. The van der Waals surface area contributed by atoms with Crippen LogP contribution in [-0.4, -0.2) is 18.5 Å². The van der Waals surface area contributed by atoms with E-state index in [-0.39, 0.29) is 17.9 Å². The van der Waals surface area contributed by atoms with E-state index in [0.717, 1.165) is 38.1 Å². The van der Waals surface area contributed by atoms with E-state index >= 15 is 0 Å². The molecule has 2 aliphatic carbocycles. The first-order chi connectivity index (χ1) is 9.27. The van der Waals surface area contributed by atoms with Crippen molar-refractivity contribution in [2.24, 2.45) is 17.6 Å². The molecule has 2 fully saturated rings. The molecular weight excluding hydrogens is 236 g/mol. The van der Waals surface area contributed by atoms with Crippen LogP contribution in [0, 0.1) is 11.8 Å². The Bertz CT molecular complexity index is 274. The van der Waals surface area contributed by atoms with Crippen LogP contribution in [0.25, 0.3) is 0 Å². The molecule has 1 amide bonds. The second kappa shape index (κ2) is 7.88. The van der Waals surface area contributed by atoms with Crippen molar-refractivity contribution in [3.8, 4) is 0 Å². The number of nitrogens with two attached hydrogens (primary N) is 1. The number of rotatable bonds is 5. The highest BCUT2D eigenvalue weighted by Crippen LogP contribution is 2.28. The van der Waals surface area contributed by atoms with Crippen LogP contribution >= 0.6 is 0 Å². The van der Waals surface area contributed by atoms with Crippen LogP contribution in [0.1, 0.15) is 70.6 Å². The third-order valence-electron chi connectivity index (χ3n) is 4.97. The SMILES string of the molecule is NC1CCCCCC1C(=O)NCCCC1CCCC1. The van der Waals surface area contributed by atoms with Crippen molar-refractivity contribution < 1.29 is 4.79 Å². The highest BCUT2D eigenvalue weighted by molar-refractivity contribution is 5.79. The molecule has 0 saturated heterocycles. The fourth-order valence-electron chi connectivity index (χ4n) is 3.69. The highest BCUT2D eigenvalue weighted by Gasteiger charge is 2.26. The van der Waals surface area contributed by atoms with Crippen LogP contribution in [0.15, 0.2) is 0 Å². The number of carbonyl (C=O) groups excluding carboxylic acids is 1. The third kappa shape index (κ3) is 4.79. The molecule has 0 heterocycles. The summed E-state index contributed by atoms with van der Waals surface area (Å²) in [5.41, 5.74) is 6.12. The molecule has 0 aromatic rings. The zero-order chi connectivity index (χ0) is 13.5. The van der Waals surface area contributed by atoms with Gasteiger partial charge in [-0.05, 0) is 31.6 Å². The van der Waals surface area contributed by atoms with Gasteiger partial charge in [0.05, 0.1) is 5.92 Å². The van der Waals surface area contributed by atoms with E-state index in [0.29, 0.717) is 0 Å². The van der Waals surface area contributed by atoms with Crippen LogP contribution in [0.5, 0.6) is 0 Å². The van der Waals surface area contributed by atoms with Crippen LogP contribution in [0.4, 0.5) is 0 Å². The first-order valence-corrected chi connectivity index (χ1v) is 8.30. The molecule has 2 unspecified atom stereocenters. The van der Waals surface area contributed by atoms with Gasteiger partial charge < -0.3 is 11.1 Å². The summed E-state index contributed by atoms with van der Waals surface area (Å²) in [5.74, 6) is 1.20. The van der Waals surface area contributed by atoms with Crippen molar-refractivity contribution in [3.63, 3.8) is 0 Å². The molecule has 19 heavy (non-hydrogen) atoms. The van der Waals surface area contributed by atoms with E-state index in [9.17, 15) is 4.79 Å². The predicted octanol–water partition coefficient (Wildman–Crippen LogP) is 2.98. The van der Waals surface area contributed by atoms with Gasteiger partial charge in [-0.25, -0.2) is 0 Å². The number of hydrogen-bond acceptors (Lipinski definition) is 2. The molecule has 2 rings (SSSR count). The molecule has 3 N–H and O–H groups in total. The van der Waals surface area contributed by atoms with Gasteiger partial charge in [0.1, 0.15) is 0 Å². The molecule has 0 bridgehead atoms. The van der Waals surface area contributed by atoms with E-state index in [1.165, 1.54) is 44.9 Å². The largest absolute Gasteiger partial charge is 0.356 e. The maximum Gasteiger partial charge on any atom is 0.224 e. The Morgan fingerprint density at radius 3 is 2.47 bits per heavy atom. The summed E-state index contributed by atoms with van der Waals surface area (Å²) in [6, 6.07) is 0.0809. The smallest absolute Gasteiger partial charge is 0.224 e. The normalized spacial score (nSPS) is 29.1. The molecule has 3 heteroatoms. The summed E-state index contributed by atoms with van der Waals surface area (Å²) >= 11 is 0. The summed E-state index contributed by atoms with van der Waals surface area (Å²) in [6.07, 6.45) is 13.6. The summed E-state index contributed by atoms with van der Waals surface area (Å²) in [5, 5.41) is 3.12. The zero-order valence-electron chi connectivity index (χ0n) is 12.2. The molecule has 2 aliphatic rings.